The fraction of sp³-hybridized carbons (Fsp3) is 0.167. The van der Waals surface area contributed by atoms with Gasteiger partial charge in [-0.05, 0) is 0 Å². The van der Waals surface area contributed by atoms with E-state index in [2.05, 4.69) is 19.7 Å². The zero-order valence-electron chi connectivity index (χ0n) is 5.77. The summed E-state index contributed by atoms with van der Waals surface area (Å²) in [6.45, 7) is 0. The molecule has 1 aromatic heterocycles. The van der Waals surface area contributed by atoms with Crippen LogP contribution >= 0.6 is 0 Å². The fourth-order valence-corrected chi connectivity index (χ4v) is 0.543. The van der Waals surface area contributed by atoms with Crippen LogP contribution in [-0.4, -0.2) is 24.3 Å². The molecule has 0 saturated carbocycles. The number of nitrogens with zero attached hydrogens (tertiary/aromatic N) is 2. The van der Waals surface area contributed by atoms with E-state index in [-0.39, 0.29) is 5.71 Å². The van der Waals surface area contributed by atoms with Crippen molar-refractivity contribution in [2.45, 2.75) is 0 Å². The highest BCUT2D eigenvalue weighted by atomic mass is 16.6. The molecule has 1 rings (SSSR count). The Hall–Kier alpha value is -1.65. The van der Waals surface area contributed by atoms with Gasteiger partial charge in [-0.25, -0.2) is 0 Å². The van der Waals surface area contributed by atoms with E-state index in [1.165, 1.54) is 19.6 Å². The number of carbonyl (C=O) groups excluding carboxylic acids is 1. The Morgan fingerprint density at radius 3 is 3.18 bits per heavy atom. The van der Waals surface area contributed by atoms with E-state index < -0.39 is 0 Å². The summed E-state index contributed by atoms with van der Waals surface area (Å²) < 4.78 is 4.48. The predicted octanol–water partition coefficient (Wildman–Crippen LogP) is 0.135. The molecule has 0 unspecified atom stereocenters. The van der Waals surface area contributed by atoms with Gasteiger partial charge in [-0.2, -0.15) is 0 Å². The summed E-state index contributed by atoms with van der Waals surface area (Å²) in [6.07, 6.45) is 4.21. The molecule has 5 heteroatoms. The Kier molecular flexibility index (Phi) is 2.37. The molecule has 0 bridgehead atoms. The lowest BCUT2D eigenvalue weighted by Gasteiger charge is -1.88. The Balaban J connectivity index is 2.88. The van der Waals surface area contributed by atoms with E-state index in [0.29, 0.717) is 5.56 Å². The highest BCUT2D eigenvalue weighted by molar-refractivity contribution is 6.36. The molecular formula is C6H5N2O3. The Morgan fingerprint density at radius 2 is 2.73 bits per heavy atom. The number of hydrogen-bond donors (Lipinski definition) is 0. The monoisotopic (exact) mass is 153 g/mol. The summed E-state index contributed by atoms with van der Waals surface area (Å²) >= 11 is 0. The molecule has 57 valence electrons. The minimum atomic E-state index is 0.0359. The Bertz CT molecular complexity index is 253. The first-order valence-electron chi connectivity index (χ1n) is 2.77. The van der Waals surface area contributed by atoms with Crippen LogP contribution in [0, 0.1) is 0 Å². The molecule has 0 atom stereocenters. The lowest BCUT2D eigenvalue weighted by molar-refractivity contribution is 0.214. The standard InChI is InChI=1S/C6H5N2O3/c1-10-8-6(3-9)5-2-7-11-4-5/h2,4H,1H3/b8-6+. The van der Waals surface area contributed by atoms with Gasteiger partial charge in [0.15, 0.2) is 5.71 Å². The lowest BCUT2D eigenvalue weighted by atomic mass is 10.2. The van der Waals surface area contributed by atoms with Crippen molar-refractivity contribution in [3.63, 3.8) is 0 Å². The fourth-order valence-electron chi connectivity index (χ4n) is 0.543. The van der Waals surface area contributed by atoms with Gasteiger partial charge in [-0.3, -0.25) is 4.79 Å². The van der Waals surface area contributed by atoms with Crippen LogP contribution in [0.1, 0.15) is 5.56 Å². The third-order valence-corrected chi connectivity index (χ3v) is 0.985. The second-order valence-electron chi connectivity index (χ2n) is 1.64. The number of rotatable bonds is 3. The van der Waals surface area contributed by atoms with Crippen molar-refractivity contribution in [3.8, 4) is 0 Å². The average Bonchev–Trinajstić information content (AvgIpc) is 2.52. The van der Waals surface area contributed by atoms with Crippen molar-refractivity contribution in [2.75, 3.05) is 7.11 Å². The molecule has 0 fully saturated rings. The molecule has 0 aliphatic rings. The molecule has 0 amide bonds. The molecule has 0 spiro atoms. The van der Waals surface area contributed by atoms with Crippen molar-refractivity contribution in [1.82, 2.24) is 5.16 Å². The summed E-state index contributed by atoms with van der Waals surface area (Å²) in [7, 11) is 1.34. The van der Waals surface area contributed by atoms with Crippen LogP contribution in [0.5, 0.6) is 0 Å². The second kappa shape index (κ2) is 3.50. The molecule has 0 N–H and O–H groups in total. The average molecular weight is 153 g/mol. The van der Waals surface area contributed by atoms with Gasteiger partial charge in [0.25, 0.3) is 6.29 Å². The summed E-state index contributed by atoms with van der Waals surface area (Å²) in [5.41, 5.74) is 0.482. The molecule has 1 heterocycles. The first-order chi connectivity index (χ1) is 5.38. The van der Waals surface area contributed by atoms with Gasteiger partial charge in [-0.15, -0.1) is 0 Å². The summed E-state index contributed by atoms with van der Waals surface area (Å²) in [5, 5.41) is 6.76. The number of oxime groups is 1. The van der Waals surface area contributed by atoms with Crippen molar-refractivity contribution >= 4 is 12.0 Å². The van der Waals surface area contributed by atoms with Crippen LogP contribution in [0.3, 0.4) is 0 Å². The van der Waals surface area contributed by atoms with Gasteiger partial charge in [0.1, 0.15) is 13.4 Å². The topological polar surface area (TPSA) is 64.7 Å². The summed E-state index contributed by atoms with van der Waals surface area (Å²) in [6, 6.07) is 0. The maximum atomic E-state index is 10.2. The Morgan fingerprint density at radius 1 is 1.91 bits per heavy atom. The normalized spacial score (nSPS) is 11.2. The van der Waals surface area contributed by atoms with Crippen molar-refractivity contribution in [2.24, 2.45) is 5.16 Å². The third kappa shape index (κ3) is 1.64. The molecule has 5 nitrogen and oxygen atoms in total. The number of hydrogen-bond acceptors (Lipinski definition) is 5. The molecule has 0 aliphatic heterocycles. The molecule has 0 aliphatic carbocycles. The maximum Gasteiger partial charge on any atom is 0.257 e. The molecule has 0 saturated heterocycles. The van der Waals surface area contributed by atoms with Gasteiger partial charge in [0, 0.05) is 0 Å². The first-order valence-corrected chi connectivity index (χ1v) is 2.77. The zero-order valence-corrected chi connectivity index (χ0v) is 5.77. The van der Waals surface area contributed by atoms with Gasteiger partial charge < -0.3 is 9.36 Å². The predicted molar refractivity (Wildman–Crippen MR) is 35.7 cm³/mol. The minimum Gasteiger partial charge on any atom is -0.399 e. The number of aromatic nitrogens is 1. The second-order valence-corrected chi connectivity index (χ2v) is 1.64. The smallest absolute Gasteiger partial charge is 0.257 e. The largest absolute Gasteiger partial charge is 0.399 e. The van der Waals surface area contributed by atoms with Crippen molar-refractivity contribution < 1.29 is 14.2 Å². The summed E-state index contributed by atoms with van der Waals surface area (Å²) in [4.78, 5) is 14.6. The van der Waals surface area contributed by atoms with E-state index in [1.54, 1.807) is 6.29 Å². The zero-order chi connectivity index (χ0) is 8.10. The van der Waals surface area contributed by atoms with E-state index in [0.717, 1.165) is 0 Å². The van der Waals surface area contributed by atoms with Crippen molar-refractivity contribution in [1.29, 1.82) is 0 Å². The molecule has 1 aromatic rings. The lowest BCUT2D eigenvalue weighted by Crippen LogP contribution is -2.00. The van der Waals surface area contributed by atoms with Crippen LogP contribution in [0.25, 0.3) is 0 Å². The molecule has 1 radical (unpaired) electrons. The maximum absolute atomic E-state index is 10.2. The SMILES string of the molecule is CO/N=C(\[C]=O)c1cnoc1. The van der Waals surface area contributed by atoms with E-state index in [4.69, 9.17) is 0 Å². The van der Waals surface area contributed by atoms with Gasteiger partial charge >= 0.3 is 0 Å². The Labute approximate surface area is 62.6 Å². The van der Waals surface area contributed by atoms with Crippen LogP contribution < -0.4 is 0 Å². The van der Waals surface area contributed by atoms with E-state index in [1.807, 2.05) is 0 Å². The minimum absolute atomic E-state index is 0.0359. The van der Waals surface area contributed by atoms with Crippen LogP contribution in [-0.2, 0) is 9.63 Å². The van der Waals surface area contributed by atoms with Crippen LogP contribution in [0.15, 0.2) is 22.1 Å². The molecule has 11 heavy (non-hydrogen) atoms. The highest BCUT2D eigenvalue weighted by Crippen LogP contribution is 1.97. The van der Waals surface area contributed by atoms with Crippen LogP contribution in [0.4, 0.5) is 0 Å². The van der Waals surface area contributed by atoms with E-state index in [9.17, 15) is 4.79 Å². The van der Waals surface area contributed by atoms with Gasteiger partial charge in [-0.1, -0.05) is 10.3 Å². The van der Waals surface area contributed by atoms with Gasteiger partial charge in [0.05, 0.1) is 11.8 Å². The van der Waals surface area contributed by atoms with Crippen molar-refractivity contribution in [3.05, 3.63) is 18.0 Å². The highest BCUT2D eigenvalue weighted by Gasteiger charge is 2.05. The molecule has 0 aromatic carbocycles. The first kappa shape index (κ1) is 7.46. The molecular weight excluding hydrogens is 148 g/mol. The third-order valence-electron chi connectivity index (χ3n) is 0.985. The quantitative estimate of drug-likeness (QED) is 0.457. The summed E-state index contributed by atoms with van der Waals surface area (Å²) in [5.74, 6) is 0. The van der Waals surface area contributed by atoms with Gasteiger partial charge in [0.2, 0.25) is 0 Å². The van der Waals surface area contributed by atoms with E-state index >= 15 is 0 Å². The van der Waals surface area contributed by atoms with Crippen LogP contribution in [0.2, 0.25) is 0 Å².